The number of benzene rings is 1. The summed E-state index contributed by atoms with van der Waals surface area (Å²) in [6, 6.07) is 8.43. The highest BCUT2D eigenvalue weighted by Gasteiger charge is 2.12. The number of nitrogens with zero attached hydrogens (tertiary/aromatic N) is 2. The van der Waals surface area contributed by atoms with Crippen molar-refractivity contribution in [1.29, 1.82) is 0 Å². The van der Waals surface area contributed by atoms with Crippen LogP contribution in [-0.4, -0.2) is 9.55 Å². The van der Waals surface area contributed by atoms with Gasteiger partial charge in [0, 0.05) is 10.5 Å². The molecule has 0 saturated carbocycles. The van der Waals surface area contributed by atoms with Crippen LogP contribution in [-0.2, 0) is 0 Å². The van der Waals surface area contributed by atoms with Crippen LogP contribution in [0.3, 0.4) is 0 Å². The van der Waals surface area contributed by atoms with E-state index in [1.165, 1.54) is 0 Å². The molecule has 4 heteroatoms. The molecule has 2 rings (SSSR count). The number of hydrogen-bond acceptors (Lipinski definition) is 1. The quantitative estimate of drug-likeness (QED) is 0.795. The molecule has 0 fully saturated rings. The fraction of sp³-hybridized carbons (Fsp3) is 0.250. The normalized spacial score (nSPS) is 11.1. The Bertz CT molecular complexity index is 488. The average Bonchev–Trinajstić information content (AvgIpc) is 2.61. The molecule has 0 spiro atoms. The predicted molar refractivity (Wildman–Crippen MR) is 70.8 cm³/mol. The van der Waals surface area contributed by atoms with Crippen molar-refractivity contribution >= 4 is 27.5 Å². The Morgan fingerprint density at radius 2 is 1.88 bits per heavy atom. The lowest BCUT2D eigenvalue weighted by atomic mass is 10.1. The SMILES string of the molecule is CC(C)n1c(-c2ccc(Br)cc2)cnc1Cl. The Labute approximate surface area is 108 Å². The number of imidazole rings is 1. The number of halogens is 2. The molecule has 1 aromatic carbocycles. The minimum Gasteiger partial charge on any atom is -0.312 e. The molecule has 16 heavy (non-hydrogen) atoms. The smallest absolute Gasteiger partial charge is 0.203 e. The maximum absolute atomic E-state index is 6.06. The number of hydrogen-bond donors (Lipinski definition) is 0. The molecule has 2 nitrogen and oxygen atoms in total. The lowest BCUT2D eigenvalue weighted by Gasteiger charge is -2.13. The predicted octanol–water partition coefficient (Wildman–Crippen LogP) is 4.55. The van der Waals surface area contributed by atoms with E-state index in [0.717, 1.165) is 15.7 Å². The zero-order chi connectivity index (χ0) is 11.7. The van der Waals surface area contributed by atoms with Gasteiger partial charge in [0.25, 0.3) is 0 Å². The fourth-order valence-corrected chi connectivity index (χ4v) is 2.26. The molecular weight excluding hydrogens is 288 g/mol. The Morgan fingerprint density at radius 1 is 1.25 bits per heavy atom. The Balaban J connectivity index is 2.52. The molecule has 0 atom stereocenters. The van der Waals surface area contributed by atoms with Crippen LogP contribution in [0, 0.1) is 0 Å². The van der Waals surface area contributed by atoms with Crippen LogP contribution in [0.5, 0.6) is 0 Å². The van der Waals surface area contributed by atoms with E-state index in [1.54, 1.807) is 0 Å². The first-order valence-corrected chi connectivity index (χ1v) is 6.25. The summed E-state index contributed by atoms with van der Waals surface area (Å²) in [5.74, 6) is 0. The third kappa shape index (κ3) is 2.15. The summed E-state index contributed by atoms with van der Waals surface area (Å²) in [7, 11) is 0. The highest BCUT2D eigenvalue weighted by Crippen LogP contribution is 2.27. The minimum atomic E-state index is 0.300. The van der Waals surface area contributed by atoms with Gasteiger partial charge in [0.05, 0.1) is 11.9 Å². The monoisotopic (exact) mass is 298 g/mol. The van der Waals surface area contributed by atoms with E-state index in [4.69, 9.17) is 11.6 Å². The standard InChI is InChI=1S/C12H12BrClN2/c1-8(2)16-11(7-15-12(16)14)9-3-5-10(13)6-4-9/h3-8H,1-2H3. The van der Waals surface area contributed by atoms with E-state index in [-0.39, 0.29) is 0 Å². The molecule has 84 valence electrons. The van der Waals surface area contributed by atoms with E-state index >= 15 is 0 Å². The molecule has 1 heterocycles. The lowest BCUT2D eigenvalue weighted by molar-refractivity contribution is 0.606. The molecule has 0 N–H and O–H groups in total. The topological polar surface area (TPSA) is 17.8 Å². The highest BCUT2D eigenvalue weighted by molar-refractivity contribution is 9.10. The van der Waals surface area contributed by atoms with E-state index in [9.17, 15) is 0 Å². The number of aromatic nitrogens is 2. The van der Waals surface area contributed by atoms with Crippen molar-refractivity contribution in [2.45, 2.75) is 19.9 Å². The maximum Gasteiger partial charge on any atom is 0.203 e. The molecule has 0 aliphatic rings. The molecule has 2 aromatic rings. The van der Waals surface area contributed by atoms with E-state index in [1.807, 2.05) is 22.9 Å². The van der Waals surface area contributed by atoms with Crippen LogP contribution in [0.2, 0.25) is 5.28 Å². The van der Waals surface area contributed by atoms with E-state index in [2.05, 4.69) is 46.9 Å². The Morgan fingerprint density at radius 3 is 2.44 bits per heavy atom. The molecule has 0 saturated heterocycles. The second-order valence-electron chi connectivity index (χ2n) is 3.88. The van der Waals surface area contributed by atoms with Gasteiger partial charge in [-0.15, -0.1) is 0 Å². The van der Waals surface area contributed by atoms with Gasteiger partial charge in [0.2, 0.25) is 5.28 Å². The van der Waals surface area contributed by atoms with Crippen LogP contribution in [0.4, 0.5) is 0 Å². The largest absolute Gasteiger partial charge is 0.312 e. The maximum atomic E-state index is 6.06. The van der Waals surface area contributed by atoms with Gasteiger partial charge >= 0.3 is 0 Å². The first kappa shape index (κ1) is 11.7. The van der Waals surface area contributed by atoms with Crippen molar-refractivity contribution in [3.63, 3.8) is 0 Å². The van der Waals surface area contributed by atoms with Gasteiger partial charge in [0.1, 0.15) is 0 Å². The summed E-state index contributed by atoms with van der Waals surface area (Å²) >= 11 is 9.49. The summed E-state index contributed by atoms with van der Waals surface area (Å²) in [4.78, 5) is 4.15. The summed E-state index contributed by atoms with van der Waals surface area (Å²) < 4.78 is 3.09. The molecule has 0 aliphatic heterocycles. The van der Waals surface area contributed by atoms with Crippen molar-refractivity contribution in [2.24, 2.45) is 0 Å². The molecule has 0 amide bonds. The summed E-state index contributed by atoms with van der Waals surface area (Å²) in [6.45, 7) is 4.19. The molecule has 0 bridgehead atoms. The zero-order valence-corrected chi connectivity index (χ0v) is 11.5. The van der Waals surface area contributed by atoms with Gasteiger partial charge in [-0.1, -0.05) is 28.1 Å². The molecule has 0 aliphatic carbocycles. The van der Waals surface area contributed by atoms with E-state index < -0.39 is 0 Å². The van der Waals surface area contributed by atoms with Crippen LogP contribution in [0.1, 0.15) is 19.9 Å². The fourth-order valence-electron chi connectivity index (χ4n) is 1.66. The first-order valence-electron chi connectivity index (χ1n) is 5.08. The molecular formula is C12H12BrClN2. The number of rotatable bonds is 2. The van der Waals surface area contributed by atoms with Gasteiger partial charge < -0.3 is 4.57 Å². The third-order valence-electron chi connectivity index (χ3n) is 2.41. The minimum absolute atomic E-state index is 0.300. The second-order valence-corrected chi connectivity index (χ2v) is 5.14. The molecule has 0 radical (unpaired) electrons. The molecule has 1 aromatic heterocycles. The van der Waals surface area contributed by atoms with Crippen LogP contribution in [0.15, 0.2) is 34.9 Å². The molecule has 0 unspecified atom stereocenters. The van der Waals surface area contributed by atoms with Crippen molar-refractivity contribution in [3.8, 4) is 11.3 Å². The Kier molecular flexibility index (Phi) is 3.36. The van der Waals surface area contributed by atoms with Gasteiger partial charge in [-0.3, -0.25) is 0 Å². The second kappa shape index (κ2) is 4.60. The van der Waals surface area contributed by atoms with Gasteiger partial charge in [-0.05, 0) is 43.1 Å². The van der Waals surface area contributed by atoms with Gasteiger partial charge in [-0.25, -0.2) is 4.98 Å². The van der Waals surface area contributed by atoms with Crippen LogP contribution >= 0.6 is 27.5 Å². The van der Waals surface area contributed by atoms with Gasteiger partial charge in [-0.2, -0.15) is 0 Å². The van der Waals surface area contributed by atoms with Crippen LogP contribution in [0.25, 0.3) is 11.3 Å². The van der Waals surface area contributed by atoms with Crippen LogP contribution < -0.4 is 0 Å². The van der Waals surface area contributed by atoms with Gasteiger partial charge in [0.15, 0.2) is 0 Å². The first-order chi connectivity index (χ1) is 7.59. The van der Waals surface area contributed by atoms with Crippen molar-refractivity contribution in [3.05, 3.63) is 40.2 Å². The van der Waals surface area contributed by atoms with Crippen molar-refractivity contribution < 1.29 is 0 Å². The van der Waals surface area contributed by atoms with E-state index in [0.29, 0.717) is 11.3 Å². The highest BCUT2D eigenvalue weighted by atomic mass is 79.9. The summed E-state index contributed by atoms with van der Waals surface area (Å²) in [6.07, 6.45) is 1.81. The zero-order valence-electron chi connectivity index (χ0n) is 9.11. The third-order valence-corrected chi connectivity index (χ3v) is 3.22. The van der Waals surface area contributed by atoms with Crippen molar-refractivity contribution in [1.82, 2.24) is 9.55 Å². The average molecular weight is 300 g/mol. The summed E-state index contributed by atoms with van der Waals surface area (Å²) in [5.41, 5.74) is 2.17. The summed E-state index contributed by atoms with van der Waals surface area (Å²) in [5, 5.41) is 0.535. The lowest BCUT2D eigenvalue weighted by Crippen LogP contribution is -2.02. The Hall–Kier alpha value is -0.800. The van der Waals surface area contributed by atoms with Crippen molar-refractivity contribution in [2.75, 3.05) is 0 Å².